The lowest BCUT2D eigenvalue weighted by molar-refractivity contribution is -0.129. The molecule has 0 spiro atoms. The minimum Gasteiger partial charge on any atom is -0.496 e. The second kappa shape index (κ2) is 9.03. The number of cyclic esters (lactones) is 1. The standard InChI is InChI=1S/C21H17Cl2NO5/c1-26-16-11-18(28-3)17(27-2)10-13(16)9-15-21(25)29-19(24-15)8-7-12-5-4-6-14(22)20(12)23/h4-11H,1-3H3/b8-7+,15-9+. The molecule has 6 nitrogen and oxygen atoms in total. The third-order valence-corrected chi connectivity index (χ3v) is 4.89. The molecular weight excluding hydrogens is 417 g/mol. The summed E-state index contributed by atoms with van der Waals surface area (Å²) >= 11 is 12.2. The summed E-state index contributed by atoms with van der Waals surface area (Å²) in [5.41, 5.74) is 1.38. The van der Waals surface area contributed by atoms with Crippen LogP contribution in [0.1, 0.15) is 11.1 Å². The third kappa shape index (κ3) is 4.55. The van der Waals surface area contributed by atoms with Crippen molar-refractivity contribution in [2.24, 2.45) is 4.99 Å². The first-order chi connectivity index (χ1) is 14.0. The van der Waals surface area contributed by atoms with Crippen molar-refractivity contribution in [3.63, 3.8) is 0 Å². The summed E-state index contributed by atoms with van der Waals surface area (Å²) < 4.78 is 21.1. The van der Waals surface area contributed by atoms with Crippen LogP contribution >= 0.6 is 23.2 Å². The van der Waals surface area contributed by atoms with Crippen LogP contribution in [0.25, 0.3) is 12.2 Å². The zero-order chi connectivity index (χ0) is 21.0. The van der Waals surface area contributed by atoms with Gasteiger partial charge in [0.05, 0.1) is 31.4 Å². The van der Waals surface area contributed by atoms with Gasteiger partial charge in [0, 0.05) is 17.7 Å². The van der Waals surface area contributed by atoms with Gasteiger partial charge in [-0.15, -0.1) is 0 Å². The normalized spacial score (nSPS) is 14.9. The SMILES string of the molecule is COc1cc(OC)c(OC)cc1/C=C1N=C(/C=C/c2cccc(Cl)c2Cl)OC/1=O. The second-order valence-electron chi connectivity index (χ2n) is 5.79. The molecule has 8 heteroatoms. The van der Waals surface area contributed by atoms with Crippen LogP contribution in [-0.2, 0) is 9.53 Å². The first-order valence-electron chi connectivity index (χ1n) is 8.41. The Morgan fingerprint density at radius 1 is 0.931 bits per heavy atom. The number of halogens is 2. The number of ether oxygens (including phenoxy) is 4. The van der Waals surface area contributed by atoms with E-state index in [4.69, 9.17) is 42.1 Å². The highest BCUT2D eigenvalue weighted by atomic mass is 35.5. The molecule has 1 aliphatic heterocycles. The Morgan fingerprint density at radius 3 is 2.31 bits per heavy atom. The van der Waals surface area contributed by atoms with E-state index in [1.807, 2.05) is 0 Å². The van der Waals surface area contributed by atoms with Crippen molar-refractivity contribution in [2.75, 3.05) is 21.3 Å². The van der Waals surface area contributed by atoms with Crippen LogP contribution in [0.5, 0.6) is 17.2 Å². The van der Waals surface area contributed by atoms with Crippen molar-refractivity contribution in [2.45, 2.75) is 0 Å². The summed E-state index contributed by atoms with van der Waals surface area (Å²) in [6, 6.07) is 8.59. The number of benzene rings is 2. The van der Waals surface area contributed by atoms with Crippen LogP contribution in [-0.4, -0.2) is 33.2 Å². The maximum absolute atomic E-state index is 12.2. The average molecular weight is 434 g/mol. The Bertz CT molecular complexity index is 1040. The number of hydrogen-bond acceptors (Lipinski definition) is 6. The molecule has 0 saturated heterocycles. The molecule has 2 aromatic carbocycles. The largest absolute Gasteiger partial charge is 0.496 e. The number of nitrogens with zero attached hydrogens (tertiary/aromatic N) is 1. The lowest BCUT2D eigenvalue weighted by atomic mass is 10.1. The van der Waals surface area contributed by atoms with Crippen LogP contribution in [0.2, 0.25) is 10.0 Å². The number of rotatable bonds is 6. The van der Waals surface area contributed by atoms with Gasteiger partial charge in [0.1, 0.15) is 5.75 Å². The van der Waals surface area contributed by atoms with Crippen LogP contribution in [0, 0.1) is 0 Å². The Balaban J connectivity index is 1.92. The fourth-order valence-electron chi connectivity index (χ4n) is 2.62. The van der Waals surface area contributed by atoms with Gasteiger partial charge >= 0.3 is 5.97 Å². The van der Waals surface area contributed by atoms with Gasteiger partial charge in [-0.05, 0) is 29.8 Å². The highest BCUT2D eigenvalue weighted by Gasteiger charge is 2.22. The van der Waals surface area contributed by atoms with E-state index in [2.05, 4.69) is 4.99 Å². The first-order valence-corrected chi connectivity index (χ1v) is 9.17. The molecule has 0 atom stereocenters. The predicted molar refractivity (Wildman–Crippen MR) is 113 cm³/mol. The van der Waals surface area contributed by atoms with E-state index < -0.39 is 5.97 Å². The fourth-order valence-corrected chi connectivity index (χ4v) is 2.99. The van der Waals surface area contributed by atoms with Crippen LogP contribution in [0.15, 0.2) is 47.1 Å². The summed E-state index contributed by atoms with van der Waals surface area (Å²) in [6.07, 6.45) is 4.76. The van der Waals surface area contributed by atoms with Crippen molar-refractivity contribution in [3.05, 3.63) is 63.3 Å². The van der Waals surface area contributed by atoms with E-state index >= 15 is 0 Å². The van der Waals surface area contributed by atoms with Crippen molar-refractivity contribution < 1.29 is 23.7 Å². The van der Waals surface area contributed by atoms with Gasteiger partial charge in [0.25, 0.3) is 0 Å². The highest BCUT2D eigenvalue weighted by molar-refractivity contribution is 6.42. The lowest BCUT2D eigenvalue weighted by Gasteiger charge is -2.12. The monoisotopic (exact) mass is 433 g/mol. The van der Waals surface area contributed by atoms with Crippen LogP contribution < -0.4 is 14.2 Å². The summed E-state index contributed by atoms with van der Waals surface area (Å²) in [7, 11) is 4.56. The summed E-state index contributed by atoms with van der Waals surface area (Å²) in [5.74, 6) is 1.04. The molecule has 29 heavy (non-hydrogen) atoms. The molecule has 1 heterocycles. The Kier molecular flexibility index (Phi) is 6.46. The fraction of sp³-hybridized carbons (Fsp3) is 0.143. The van der Waals surface area contributed by atoms with E-state index in [1.54, 1.807) is 48.6 Å². The highest BCUT2D eigenvalue weighted by Crippen LogP contribution is 2.36. The van der Waals surface area contributed by atoms with Gasteiger partial charge in [-0.25, -0.2) is 9.79 Å². The predicted octanol–water partition coefficient (Wildman–Crippen LogP) is 5.03. The average Bonchev–Trinajstić information content (AvgIpc) is 3.07. The quantitative estimate of drug-likeness (QED) is 0.472. The number of methoxy groups -OCH3 is 3. The van der Waals surface area contributed by atoms with E-state index in [0.717, 1.165) is 0 Å². The van der Waals surface area contributed by atoms with E-state index in [9.17, 15) is 4.79 Å². The van der Waals surface area contributed by atoms with Gasteiger partial charge < -0.3 is 18.9 Å². The number of aliphatic imine (C=N–C) groups is 1. The molecular formula is C21H17Cl2NO5. The molecule has 0 unspecified atom stereocenters. The molecule has 1 aliphatic rings. The van der Waals surface area contributed by atoms with Crippen molar-refractivity contribution in [1.29, 1.82) is 0 Å². The molecule has 0 amide bonds. The smallest absolute Gasteiger partial charge is 0.363 e. The number of carbonyl (C=O) groups is 1. The van der Waals surface area contributed by atoms with Crippen molar-refractivity contribution >= 4 is 47.2 Å². The van der Waals surface area contributed by atoms with E-state index in [0.29, 0.717) is 38.4 Å². The number of carbonyl (C=O) groups excluding carboxylic acids is 1. The van der Waals surface area contributed by atoms with Gasteiger partial charge in [0.15, 0.2) is 17.2 Å². The Labute approximate surface area is 178 Å². The van der Waals surface area contributed by atoms with Crippen molar-refractivity contribution in [1.82, 2.24) is 0 Å². The first kappa shape index (κ1) is 20.8. The molecule has 3 rings (SSSR count). The van der Waals surface area contributed by atoms with Gasteiger partial charge in [0.2, 0.25) is 5.90 Å². The number of esters is 1. The molecule has 0 bridgehead atoms. The maximum atomic E-state index is 12.2. The van der Waals surface area contributed by atoms with Crippen LogP contribution in [0.3, 0.4) is 0 Å². The van der Waals surface area contributed by atoms with Crippen LogP contribution in [0.4, 0.5) is 0 Å². The molecule has 2 aromatic rings. The zero-order valence-electron chi connectivity index (χ0n) is 15.9. The van der Waals surface area contributed by atoms with E-state index in [1.165, 1.54) is 21.3 Å². The van der Waals surface area contributed by atoms with Crippen molar-refractivity contribution in [3.8, 4) is 17.2 Å². The van der Waals surface area contributed by atoms with Gasteiger partial charge in [-0.2, -0.15) is 0 Å². The minimum absolute atomic E-state index is 0.118. The molecule has 0 aliphatic carbocycles. The second-order valence-corrected chi connectivity index (χ2v) is 6.58. The lowest BCUT2D eigenvalue weighted by Crippen LogP contribution is -2.01. The minimum atomic E-state index is -0.585. The molecule has 150 valence electrons. The van der Waals surface area contributed by atoms with Gasteiger partial charge in [-0.3, -0.25) is 0 Å². The third-order valence-electron chi connectivity index (χ3n) is 4.05. The summed E-state index contributed by atoms with van der Waals surface area (Å²) in [6.45, 7) is 0. The Hall–Kier alpha value is -2.96. The molecule has 0 N–H and O–H groups in total. The van der Waals surface area contributed by atoms with Gasteiger partial charge in [-0.1, -0.05) is 35.3 Å². The zero-order valence-corrected chi connectivity index (χ0v) is 17.4. The maximum Gasteiger partial charge on any atom is 0.363 e. The molecule has 0 aromatic heterocycles. The Morgan fingerprint density at radius 2 is 1.62 bits per heavy atom. The van der Waals surface area contributed by atoms with E-state index in [-0.39, 0.29) is 11.6 Å². The number of hydrogen-bond donors (Lipinski definition) is 0. The topological polar surface area (TPSA) is 66.3 Å². The molecule has 0 radical (unpaired) electrons. The molecule has 0 saturated carbocycles. The summed E-state index contributed by atoms with van der Waals surface area (Å²) in [5, 5.41) is 0.835. The molecule has 0 fully saturated rings. The summed E-state index contributed by atoms with van der Waals surface area (Å²) in [4.78, 5) is 16.4.